The van der Waals surface area contributed by atoms with Crippen LogP contribution in [0.1, 0.15) is 47.0 Å². The highest BCUT2D eigenvalue weighted by Gasteiger charge is 2.58. The van der Waals surface area contributed by atoms with Gasteiger partial charge in [-0.25, -0.2) is 0 Å². The number of amides is 1. The first kappa shape index (κ1) is 18.1. The lowest BCUT2D eigenvalue weighted by atomic mass is 9.90. The fourth-order valence-electron chi connectivity index (χ4n) is 4.51. The Morgan fingerprint density at radius 3 is 2.48 bits per heavy atom. The molecule has 1 saturated carbocycles. The first-order valence-electron chi connectivity index (χ1n) is 10.1. The number of hydrogen-bond donors (Lipinski definition) is 1. The molecule has 1 aromatic heterocycles. The van der Waals surface area contributed by atoms with Gasteiger partial charge in [-0.15, -0.1) is 10.2 Å². The Labute approximate surface area is 169 Å². The van der Waals surface area contributed by atoms with Crippen LogP contribution < -0.4 is 5.73 Å². The number of primary amides is 1. The van der Waals surface area contributed by atoms with E-state index in [1.807, 2.05) is 42.5 Å². The van der Waals surface area contributed by atoms with Crippen molar-refractivity contribution in [2.75, 3.05) is 13.1 Å². The van der Waals surface area contributed by atoms with Gasteiger partial charge in [0.25, 0.3) is 0 Å². The zero-order valence-corrected chi connectivity index (χ0v) is 16.3. The van der Waals surface area contributed by atoms with Crippen LogP contribution in [-0.2, 0) is 6.54 Å². The number of nitrogens with two attached hydrogens (primary N) is 1. The molecule has 2 fully saturated rings. The minimum Gasteiger partial charge on any atom is -0.420 e. The SMILES string of the molecule is NC(=O)c1ccc(CN2CCC3(CC2)C[C@H]3c2nnc(-c3ccccc3)o2)cc1. The Kier molecular flexibility index (Phi) is 4.43. The molecule has 6 nitrogen and oxygen atoms in total. The maximum absolute atomic E-state index is 11.2. The van der Waals surface area contributed by atoms with Crippen molar-refractivity contribution in [2.24, 2.45) is 11.1 Å². The molecule has 1 saturated heterocycles. The highest BCUT2D eigenvalue weighted by Crippen LogP contribution is 2.64. The summed E-state index contributed by atoms with van der Waals surface area (Å²) >= 11 is 0. The molecule has 29 heavy (non-hydrogen) atoms. The lowest BCUT2D eigenvalue weighted by Gasteiger charge is -2.32. The fraction of sp³-hybridized carbons (Fsp3) is 0.348. The number of carbonyl (C=O) groups excluding carboxylic acids is 1. The second-order valence-corrected chi connectivity index (χ2v) is 8.27. The number of aromatic nitrogens is 2. The number of benzene rings is 2. The zero-order chi connectivity index (χ0) is 19.8. The number of carbonyl (C=O) groups is 1. The highest BCUT2D eigenvalue weighted by molar-refractivity contribution is 5.92. The second-order valence-electron chi connectivity index (χ2n) is 8.27. The Balaban J connectivity index is 1.18. The minimum absolute atomic E-state index is 0.326. The van der Waals surface area contributed by atoms with Crippen molar-refractivity contribution in [1.82, 2.24) is 15.1 Å². The van der Waals surface area contributed by atoms with Crippen molar-refractivity contribution >= 4 is 5.91 Å². The summed E-state index contributed by atoms with van der Waals surface area (Å²) in [6.45, 7) is 3.03. The van der Waals surface area contributed by atoms with Gasteiger partial charge >= 0.3 is 0 Å². The lowest BCUT2D eigenvalue weighted by molar-refractivity contribution is 0.1000. The van der Waals surface area contributed by atoms with Gasteiger partial charge < -0.3 is 10.2 Å². The average Bonchev–Trinajstić information content (AvgIpc) is 3.22. The maximum atomic E-state index is 11.2. The van der Waals surface area contributed by atoms with Crippen molar-refractivity contribution in [3.63, 3.8) is 0 Å². The molecular formula is C23H24N4O2. The van der Waals surface area contributed by atoms with E-state index in [2.05, 4.69) is 15.1 Å². The van der Waals surface area contributed by atoms with Gasteiger partial charge in [0, 0.05) is 23.6 Å². The third-order valence-corrected chi connectivity index (χ3v) is 6.45. The molecule has 1 spiro atoms. The summed E-state index contributed by atoms with van der Waals surface area (Å²) < 4.78 is 6.00. The van der Waals surface area contributed by atoms with Gasteiger partial charge in [0.15, 0.2) is 0 Å². The quantitative estimate of drug-likeness (QED) is 0.722. The minimum atomic E-state index is -0.382. The molecule has 2 heterocycles. The van der Waals surface area contributed by atoms with Gasteiger partial charge in [-0.3, -0.25) is 9.69 Å². The number of hydrogen-bond acceptors (Lipinski definition) is 5. The van der Waals surface area contributed by atoms with Crippen molar-refractivity contribution in [2.45, 2.75) is 31.7 Å². The summed E-state index contributed by atoms with van der Waals surface area (Å²) in [7, 11) is 0. The van der Waals surface area contributed by atoms with Crippen LogP contribution in [0.4, 0.5) is 0 Å². The van der Waals surface area contributed by atoms with E-state index in [1.54, 1.807) is 12.1 Å². The average molecular weight is 388 g/mol. The predicted octanol–water partition coefficient (Wildman–Crippen LogP) is 3.61. The standard InChI is InChI=1S/C23H24N4O2/c24-20(28)17-8-6-16(7-9-17)15-27-12-10-23(11-13-27)14-19(23)22-26-25-21(29-22)18-4-2-1-3-5-18/h1-9,19H,10-15H2,(H2,24,28)/t19-/m0/s1. The number of nitrogens with zero attached hydrogens (tertiary/aromatic N) is 3. The summed E-state index contributed by atoms with van der Waals surface area (Å²) in [5.74, 6) is 1.41. The largest absolute Gasteiger partial charge is 0.420 e. The van der Waals surface area contributed by atoms with Gasteiger partial charge in [0.2, 0.25) is 17.7 Å². The van der Waals surface area contributed by atoms with Crippen LogP contribution in [0.15, 0.2) is 59.0 Å². The van der Waals surface area contributed by atoms with Gasteiger partial charge in [-0.05, 0) is 67.6 Å². The van der Waals surface area contributed by atoms with Gasteiger partial charge in [0.05, 0.1) is 0 Å². The smallest absolute Gasteiger partial charge is 0.248 e. The van der Waals surface area contributed by atoms with Gasteiger partial charge in [0.1, 0.15) is 0 Å². The van der Waals surface area contributed by atoms with E-state index in [0.29, 0.717) is 22.8 Å². The predicted molar refractivity (Wildman–Crippen MR) is 109 cm³/mol. The van der Waals surface area contributed by atoms with Crippen LogP contribution >= 0.6 is 0 Å². The number of likely N-dealkylation sites (tertiary alicyclic amines) is 1. The zero-order valence-electron chi connectivity index (χ0n) is 16.3. The van der Waals surface area contributed by atoms with E-state index in [9.17, 15) is 4.79 Å². The van der Waals surface area contributed by atoms with Crippen molar-refractivity contribution in [1.29, 1.82) is 0 Å². The summed E-state index contributed by atoms with van der Waals surface area (Å²) in [5, 5.41) is 8.60. The van der Waals surface area contributed by atoms with Crippen LogP contribution in [0.3, 0.4) is 0 Å². The van der Waals surface area contributed by atoms with Crippen molar-refractivity contribution in [3.05, 3.63) is 71.6 Å². The highest BCUT2D eigenvalue weighted by atomic mass is 16.4. The molecule has 2 aromatic carbocycles. The van der Waals surface area contributed by atoms with Crippen LogP contribution in [0.5, 0.6) is 0 Å². The summed E-state index contributed by atoms with van der Waals surface area (Å²) in [6, 6.07) is 17.5. The summed E-state index contributed by atoms with van der Waals surface area (Å²) in [4.78, 5) is 13.7. The molecule has 0 bridgehead atoms. The molecule has 6 heteroatoms. The molecule has 1 aliphatic heterocycles. The monoisotopic (exact) mass is 388 g/mol. The normalized spacial score (nSPS) is 20.6. The molecule has 1 atom stereocenters. The van der Waals surface area contributed by atoms with Crippen molar-refractivity contribution < 1.29 is 9.21 Å². The van der Waals surface area contributed by atoms with E-state index in [1.165, 1.54) is 5.56 Å². The summed E-state index contributed by atoms with van der Waals surface area (Å²) in [5.41, 5.74) is 8.38. The molecule has 5 rings (SSSR count). The number of rotatable bonds is 5. The Bertz CT molecular complexity index is 1000. The Morgan fingerprint density at radius 2 is 1.79 bits per heavy atom. The molecule has 2 aliphatic rings. The topological polar surface area (TPSA) is 85.3 Å². The summed E-state index contributed by atoms with van der Waals surface area (Å²) in [6.07, 6.45) is 3.45. The third-order valence-electron chi connectivity index (χ3n) is 6.45. The molecule has 2 N–H and O–H groups in total. The molecule has 1 amide bonds. The first-order valence-corrected chi connectivity index (χ1v) is 10.1. The second kappa shape index (κ2) is 7.12. The molecule has 0 radical (unpaired) electrons. The maximum Gasteiger partial charge on any atom is 0.248 e. The Morgan fingerprint density at radius 1 is 1.07 bits per heavy atom. The van der Waals surface area contributed by atoms with Gasteiger partial charge in [-0.2, -0.15) is 0 Å². The van der Waals surface area contributed by atoms with E-state index in [4.69, 9.17) is 10.2 Å². The van der Waals surface area contributed by atoms with Crippen LogP contribution in [0.2, 0.25) is 0 Å². The number of piperidine rings is 1. The van der Waals surface area contributed by atoms with Crippen LogP contribution in [0.25, 0.3) is 11.5 Å². The fourth-order valence-corrected chi connectivity index (χ4v) is 4.51. The molecule has 0 unspecified atom stereocenters. The van der Waals surface area contributed by atoms with E-state index < -0.39 is 0 Å². The molecule has 3 aromatic rings. The van der Waals surface area contributed by atoms with Crippen LogP contribution in [0, 0.1) is 5.41 Å². The van der Waals surface area contributed by atoms with E-state index in [0.717, 1.165) is 50.4 Å². The molecule has 1 aliphatic carbocycles. The molecular weight excluding hydrogens is 364 g/mol. The first-order chi connectivity index (χ1) is 14.1. The van der Waals surface area contributed by atoms with E-state index >= 15 is 0 Å². The van der Waals surface area contributed by atoms with E-state index in [-0.39, 0.29) is 5.91 Å². The third kappa shape index (κ3) is 3.56. The van der Waals surface area contributed by atoms with Gasteiger partial charge in [-0.1, -0.05) is 30.3 Å². The van der Waals surface area contributed by atoms with Crippen molar-refractivity contribution in [3.8, 4) is 11.5 Å². The van der Waals surface area contributed by atoms with Crippen LogP contribution in [-0.4, -0.2) is 34.1 Å². The Hall–Kier alpha value is -2.99. The lowest BCUT2D eigenvalue weighted by Crippen LogP contribution is -2.34. The molecule has 148 valence electrons.